The minimum Gasteiger partial charge on any atom is -0.378 e. The van der Waals surface area contributed by atoms with E-state index in [9.17, 15) is 4.79 Å². The van der Waals surface area contributed by atoms with Crippen molar-refractivity contribution in [2.24, 2.45) is 11.7 Å². The summed E-state index contributed by atoms with van der Waals surface area (Å²) in [6.07, 6.45) is 4.32. The lowest BCUT2D eigenvalue weighted by Crippen LogP contribution is -2.36. The molecule has 2 unspecified atom stereocenters. The summed E-state index contributed by atoms with van der Waals surface area (Å²) in [7, 11) is 0. The number of halogens is 2. The highest BCUT2D eigenvalue weighted by atomic mass is 35.5. The van der Waals surface area contributed by atoms with Crippen molar-refractivity contribution in [3.63, 3.8) is 0 Å². The van der Waals surface area contributed by atoms with Crippen molar-refractivity contribution in [3.05, 3.63) is 18.3 Å². The van der Waals surface area contributed by atoms with Crippen LogP contribution in [0, 0.1) is 5.92 Å². The third kappa shape index (κ3) is 5.21. The molecule has 2 atom stereocenters. The van der Waals surface area contributed by atoms with Crippen LogP contribution in [0.2, 0.25) is 0 Å². The molecule has 1 saturated carbocycles. The summed E-state index contributed by atoms with van der Waals surface area (Å²) in [4.78, 5) is 18.7. The normalized spacial score (nSPS) is 23.6. The number of rotatable bonds is 3. The Labute approximate surface area is 149 Å². The number of hydrogen-bond acceptors (Lipinski definition) is 5. The Morgan fingerprint density at radius 3 is 2.57 bits per heavy atom. The summed E-state index contributed by atoms with van der Waals surface area (Å²) in [5, 5.41) is 2.93. The lowest BCUT2D eigenvalue weighted by molar-refractivity contribution is -0.119. The highest BCUT2D eigenvalue weighted by molar-refractivity contribution is 5.92. The molecule has 1 amide bonds. The van der Waals surface area contributed by atoms with Gasteiger partial charge in [0.1, 0.15) is 5.82 Å². The lowest BCUT2D eigenvalue weighted by Gasteiger charge is -2.27. The Morgan fingerprint density at radius 2 is 2.00 bits per heavy atom. The Hall–Kier alpha value is -1.08. The molecular weight excluding hydrogens is 339 g/mol. The fourth-order valence-electron chi connectivity index (χ4n) is 2.94. The quantitative estimate of drug-likeness (QED) is 0.857. The smallest absolute Gasteiger partial charge is 0.227 e. The third-order valence-electron chi connectivity index (χ3n) is 4.19. The van der Waals surface area contributed by atoms with Gasteiger partial charge in [0.2, 0.25) is 5.91 Å². The van der Waals surface area contributed by atoms with Crippen LogP contribution in [0.25, 0.3) is 0 Å². The van der Waals surface area contributed by atoms with E-state index in [1.807, 2.05) is 12.1 Å². The standard InChI is InChI=1S/C15H22N4O2.2ClH/c16-12-2-1-11(9-12)15(20)18-13-3-4-14(17-10-13)19-5-7-21-8-6-19;;/h3-4,10-12H,1-2,5-9,16H2,(H,18,20);2*1H. The molecule has 2 heterocycles. The molecule has 2 aliphatic rings. The van der Waals surface area contributed by atoms with Gasteiger partial charge in [0, 0.05) is 25.0 Å². The number of nitrogens with two attached hydrogens (primary N) is 1. The molecule has 1 aliphatic heterocycles. The van der Waals surface area contributed by atoms with Gasteiger partial charge in [-0.1, -0.05) is 0 Å². The first kappa shape index (κ1) is 20.0. The largest absolute Gasteiger partial charge is 0.378 e. The Kier molecular flexibility index (Phi) is 8.05. The Balaban J connectivity index is 0.00000132. The average molecular weight is 363 g/mol. The number of anilines is 2. The van der Waals surface area contributed by atoms with Crippen molar-refractivity contribution in [2.75, 3.05) is 36.5 Å². The molecule has 3 N–H and O–H groups in total. The van der Waals surface area contributed by atoms with Crippen LogP contribution in [-0.2, 0) is 9.53 Å². The van der Waals surface area contributed by atoms with Crippen LogP contribution in [0.3, 0.4) is 0 Å². The van der Waals surface area contributed by atoms with E-state index in [1.54, 1.807) is 6.20 Å². The molecule has 130 valence electrons. The molecule has 0 spiro atoms. The van der Waals surface area contributed by atoms with Gasteiger partial charge in [-0.15, -0.1) is 24.8 Å². The molecule has 0 bridgehead atoms. The molecule has 1 aromatic rings. The number of nitrogens with zero attached hydrogens (tertiary/aromatic N) is 2. The van der Waals surface area contributed by atoms with Gasteiger partial charge in [-0.05, 0) is 31.4 Å². The Bertz CT molecular complexity index is 495. The number of hydrogen-bond donors (Lipinski definition) is 2. The summed E-state index contributed by atoms with van der Waals surface area (Å²) in [5.41, 5.74) is 6.60. The monoisotopic (exact) mass is 362 g/mol. The van der Waals surface area contributed by atoms with Crippen molar-refractivity contribution >= 4 is 42.2 Å². The summed E-state index contributed by atoms with van der Waals surface area (Å²) in [6, 6.07) is 4.02. The summed E-state index contributed by atoms with van der Waals surface area (Å²) in [6.45, 7) is 3.20. The molecule has 23 heavy (non-hydrogen) atoms. The van der Waals surface area contributed by atoms with E-state index in [-0.39, 0.29) is 42.7 Å². The van der Waals surface area contributed by atoms with E-state index in [2.05, 4.69) is 15.2 Å². The highest BCUT2D eigenvalue weighted by Crippen LogP contribution is 2.25. The van der Waals surface area contributed by atoms with Gasteiger partial charge in [0.25, 0.3) is 0 Å². The van der Waals surface area contributed by atoms with Crippen molar-refractivity contribution < 1.29 is 9.53 Å². The maximum Gasteiger partial charge on any atom is 0.227 e. The second-order valence-electron chi connectivity index (χ2n) is 5.76. The average Bonchev–Trinajstić information content (AvgIpc) is 2.96. The lowest BCUT2D eigenvalue weighted by atomic mass is 10.1. The number of amides is 1. The molecule has 0 radical (unpaired) electrons. The van der Waals surface area contributed by atoms with E-state index in [1.165, 1.54) is 0 Å². The van der Waals surface area contributed by atoms with Crippen molar-refractivity contribution in [2.45, 2.75) is 25.3 Å². The second kappa shape index (κ2) is 9.27. The number of pyridine rings is 1. The number of carbonyl (C=O) groups excluding carboxylic acids is 1. The van der Waals surface area contributed by atoms with E-state index in [0.717, 1.165) is 57.1 Å². The first-order valence-electron chi connectivity index (χ1n) is 7.57. The van der Waals surface area contributed by atoms with Gasteiger partial charge < -0.3 is 20.7 Å². The predicted octanol–water partition coefficient (Wildman–Crippen LogP) is 1.83. The fourth-order valence-corrected chi connectivity index (χ4v) is 2.94. The first-order valence-corrected chi connectivity index (χ1v) is 7.57. The van der Waals surface area contributed by atoms with Gasteiger partial charge in [-0.2, -0.15) is 0 Å². The molecule has 1 aliphatic carbocycles. The van der Waals surface area contributed by atoms with Crippen LogP contribution in [0.15, 0.2) is 18.3 Å². The van der Waals surface area contributed by atoms with Gasteiger partial charge in [0.15, 0.2) is 0 Å². The van der Waals surface area contributed by atoms with Crippen molar-refractivity contribution in [3.8, 4) is 0 Å². The SMILES string of the molecule is Cl.Cl.NC1CCC(C(=O)Nc2ccc(N3CCOCC3)nc2)C1. The zero-order valence-corrected chi connectivity index (χ0v) is 14.6. The van der Waals surface area contributed by atoms with Crippen LogP contribution in [0.4, 0.5) is 11.5 Å². The molecule has 1 aromatic heterocycles. The van der Waals surface area contributed by atoms with Gasteiger partial charge in [0.05, 0.1) is 25.1 Å². The predicted molar refractivity (Wildman–Crippen MR) is 95.7 cm³/mol. The summed E-state index contributed by atoms with van der Waals surface area (Å²) < 4.78 is 5.33. The minimum absolute atomic E-state index is 0. The van der Waals surface area contributed by atoms with Crippen LogP contribution < -0.4 is 16.0 Å². The zero-order chi connectivity index (χ0) is 14.7. The molecule has 1 saturated heterocycles. The molecule has 0 aromatic carbocycles. The van der Waals surface area contributed by atoms with Crippen LogP contribution in [-0.4, -0.2) is 43.2 Å². The molecule has 2 fully saturated rings. The number of morpholine rings is 1. The van der Waals surface area contributed by atoms with E-state index < -0.39 is 0 Å². The minimum atomic E-state index is 0. The topological polar surface area (TPSA) is 80.5 Å². The first-order chi connectivity index (χ1) is 10.2. The molecule has 8 heteroatoms. The van der Waals surface area contributed by atoms with Crippen molar-refractivity contribution in [1.82, 2.24) is 4.98 Å². The van der Waals surface area contributed by atoms with Gasteiger partial charge in [-0.25, -0.2) is 4.98 Å². The van der Waals surface area contributed by atoms with E-state index >= 15 is 0 Å². The number of ether oxygens (including phenoxy) is 1. The fraction of sp³-hybridized carbons (Fsp3) is 0.600. The number of nitrogens with one attached hydrogen (secondary N) is 1. The summed E-state index contributed by atoms with van der Waals surface area (Å²) >= 11 is 0. The van der Waals surface area contributed by atoms with Crippen LogP contribution in [0.1, 0.15) is 19.3 Å². The number of carbonyl (C=O) groups is 1. The van der Waals surface area contributed by atoms with E-state index in [0.29, 0.717) is 0 Å². The zero-order valence-electron chi connectivity index (χ0n) is 12.9. The molecular formula is C15H24Cl2N4O2. The van der Waals surface area contributed by atoms with Crippen LogP contribution >= 0.6 is 24.8 Å². The highest BCUT2D eigenvalue weighted by Gasteiger charge is 2.27. The Morgan fingerprint density at radius 1 is 1.26 bits per heavy atom. The maximum absolute atomic E-state index is 12.1. The molecule has 3 rings (SSSR count). The molecule has 6 nitrogen and oxygen atoms in total. The van der Waals surface area contributed by atoms with E-state index in [4.69, 9.17) is 10.5 Å². The van der Waals surface area contributed by atoms with Crippen molar-refractivity contribution in [1.29, 1.82) is 0 Å². The van der Waals surface area contributed by atoms with Crippen LogP contribution in [0.5, 0.6) is 0 Å². The second-order valence-corrected chi connectivity index (χ2v) is 5.76. The van der Waals surface area contributed by atoms with Gasteiger partial charge in [-0.3, -0.25) is 4.79 Å². The summed E-state index contributed by atoms with van der Waals surface area (Å²) in [5.74, 6) is 1.03. The third-order valence-corrected chi connectivity index (χ3v) is 4.19. The maximum atomic E-state index is 12.1. The number of aromatic nitrogens is 1. The van der Waals surface area contributed by atoms with Gasteiger partial charge >= 0.3 is 0 Å².